The van der Waals surface area contributed by atoms with Crippen LogP contribution in [0.4, 0.5) is 4.79 Å². The molecule has 0 spiro atoms. The molecule has 1 amide bonds. The largest absolute Gasteiger partial charge is 0.481 e. The zero-order valence-electron chi connectivity index (χ0n) is 10.9. The Balaban J connectivity index is 2.53. The number of likely N-dealkylation sites (tertiary alicyclic amines) is 1. The first kappa shape index (κ1) is 13.8. The SMILES string of the molecule is CC1CN(C(=O)OC(C)(C)C)CC1CC(=O)O. The average molecular weight is 243 g/mol. The summed E-state index contributed by atoms with van der Waals surface area (Å²) in [6.45, 7) is 8.48. The summed E-state index contributed by atoms with van der Waals surface area (Å²) in [7, 11) is 0. The topological polar surface area (TPSA) is 66.8 Å². The van der Waals surface area contributed by atoms with Gasteiger partial charge >= 0.3 is 12.1 Å². The van der Waals surface area contributed by atoms with Gasteiger partial charge in [0.2, 0.25) is 0 Å². The number of carbonyl (C=O) groups excluding carboxylic acids is 1. The number of carbonyl (C=O) groups is 2. The van der Waals surface area contributed by atoms with E-state index >= 15 is 0 Å². The van der Waals surface area contributed by atoms with Crippen molar-refractivity contribution >= 4 is 12.1 Å². The van der Waals surface area contributed by atoms with Gasteiger partial charge in [-0.25, -0.2) is 4.79 Å². The lowest BCUT2D eigenvalue weighted by Crippen LogP contribution is -2.35. The van der Waals surface area contributed by atoms with Crippen molar-refractivity contribution in [2.45, 2.75) is 39.7 Å². The van der Waals surface area contributed by atoms with E-state index in [1.807, 2.05) is 27.7 Å². The van der Waals surface area contributed by atoms with E-state index in [0.29, 0.717) is 13.1 Å². The molecule has 5 heteroatoms. The highest BCUT2D eigenvalue weighted by Gasteiger charge is 2.35. The maximum atomic E-state index is 11.8. The molecule has 1 rings (SSSR count). The lowest BCUT2D eigenvalue weighted by molar-refractivity contribution is -0.138. The lowest BCUT2D eigenvalue weighted by atomic mass is 9.95. The predicted octanol–water partition coefficient (Wildman–Crippen LogP) is 1.96. The molecule has 1 aliphatic rings. The van der Waals surface area contributed by atoms with Gasteiger partial charge < -0.3 is 14.7 Å². The fourth-order valence-corrected chi connectivity index (χ4v) is 2.00. The normalized spacial score (nSPS) is 24.8. The van der Waals surface area contributed by atoms with Crippen molar-refractivity contribution < 1.29 is 19.4 Å². The standard InChI is InChI=1S/C12H21NO4/c1-8-6-13(7-9(8)5-10(14)15)11(16)17-12(2,3)4/h8-9H,5-7H2,1-4H3,(H,14,15). The van der Waals surface area contributed by atoms with Crippen molar-refractivity contribution in [2.24, 2.45) is 11.8 Å². The fourth-order valence-electron chi connectivity index (χ4n) is 2.00. The van der Waals surface area contributed by atoms with E-state index in [9.17, 15) is 9.59 Å². The van der Waals surface area contributed by atoms with Crippen molar-refractivity contribution in [3.8, 4) is 0 Å². The number of hydrogen-bond acceptors (Lipinski definition) is 3. The monoisotopic (exact) mass is 243 g/mol. The summed E-state index contributed by atoms with van der Waals surface area (Å²) in [5, 5.41) is 8.77. The summed E-state index contributed by atoms with van der Waals surface area (Å²) in [5.41, 5.74) is -0.509. The van der Waals surface area contributed by atoms with Gasteiger partial charge in [0.05, 0.1) is 6.42 Å². The van der Waals surface area contributed by atoms with Crippen LogP contribution in [-0.4, -0.2) is 40.8 Å². The molecule has 5 nitrogen and oxygen atoms in total. The van der Waals surface area contributed by atoms with E-state index in [2.05, 4.69) is 0 Å². The predicted molar refractivity (Wildman–Crippen MR) is 62.7 cm³/mol. The van der Waals surface area contributed by atoms with Crippen molar-refractivity contribution in [3.63, 3.8) is 0 Å². The Labute approximate surface area is 102 Å². The quantitative estimate of drug-likeness (QED) is 0.805. The van der Waals surface area contributed by atoms with Gasteiger partial charge in [-0.2, -0.15) is 0 Å². The molecular formula is C12H21NO4. The lowest BCUT2D eigenvalue weighted by Gasteiger charge is -2.24. The number of aliphatic carboxylic acids is 1. The maximum absolute atomic E-state index is 11.8. The number of ether oxygens (including phenoxy) is 1. The number of nitrogens with zero attached hydrogens (tertiary/aromatic N) is 1. The Hall–Kier alpha value is -1.26. The number of carboxylic acids is 1. The van der Waals surface area contributed by atoms with Crippen molar-refractivity contribution in [3.05, 3.63) is 0 Å². The third kappa shape index (κ3) is 4.24. The van der Waals surface area contributed by atoms with Crippen LogP contribution in [0.1, 0.15) is 34.1 Å². The molecule has 1 heterocycles. The van der Waals surface area contributed by atoms with Crippen LogP contribution in [0.3, 0.4) is 0 Å². The molecule has 0 aromatic carbocycles. The third-order valence-corrected chi connectivity index (χ3v) is 2.86. The van der Waals surface area contributed by atoms with Crippen LogP contribution < -0.4 is 0 Å². The molecule has 2 unspecified atom stereocenters. The van der Waals surface area contributed by atoms with Crippen molar-refractivity contribution in [1.29, 1.82) is 0 Å². The first-order valence-corrected chi connectivity index (χ1v) is 5.89. The second-order valence-corrected chi connectivity index (χ2v) is 5.72. The van der Waals surface area contributed by atoms with Crippen LogP contribution in [0, 0.1) is 11.8 Å². The third-order valence-electron chi connectivity index (χ3n) is 2.86. The van der Waals surface area contributed by atoms with Crippen LogP contribution in [0.2, 0.25) is 0 Å². The second kappa shape index (κ2) is 4.94. The number of carboxylic acid groups (broad SMARTS) is 1. The van der Waals surface area contributed by atoms with E-state index in [4.69, 9.17) is 9.84 Å². The molecule has 0 bridgehead atoms. The minimum absolute atomic E-state index is 0.0278. The van der Waals surface area contributed by atoms with Gasteiger partial charge in [-0.3, -0.25) is 4.79 Å². The summed E-state index contributed by atoms with van der Waals surface area (Å²) in [5.74, 6) is -0.577. The van der Waals surface area contributed by atoms with Crippen molar-refractivity contribution in [1.82, 2.24) is 4.90 Å². The summed E-state index contributed by atoms with van der Waals surface area (Å²) in [4.78, 5) is 24.1. The van der Waals surface area contributed by atoms with Crippen LogP contribution in [0.25, 0.3) is 0 Å². The smallest absolute Gasteiger partial charge is 0.410 e. The Morgan fingerprint density at radius 3 is 2.41 bits per heavy atom. The molecule has 0 saturated carbocycles. The van der Waals surface area contributed by atoms with Gasteiger partial charge in [-0.05, 0) is 32.6 Å². The zero-order valence-corrected chi connectivity index (χ0v) is 10.9. The Kier molecular flexibility index (Phi) is 4.01. The minimum Gasteiger partial charge on any atom is -0.481 e. The number of amides is 1. The summed E-state index contributed by atoms with van der Waals surface area (Å²) in [6.07, 6.45) is -0.238. The fraction of sp³-hybridized carbons (Fsp3) is 0.833. The molecule has 0 aliphatic carbocycles. The first-order chi connectivity index (χ1) is 7.69. The molecule has 98 valence electrons. The average Bonchev–Trinajstić information content (AvgIpc) is 2.44. The molecule has 1 fully saturated rings. The highest BCUT2D eigenvalue weighted by Crippen LogP contribution is 2.27. The Bertz CT molecular complexity index is 308. The van der Waals surface area contributed by atoms with Crippen molar-refractivity contribution in [2.75, 3.05) is 13.1 Å². The van der Waals surface area contributed by atoms with Gasteiger partial charge in [0, 0.05) is 13.1 Å². The molecule has 0 aromatic rings. The van der Waals surface area contributed by atoms with Gasteiger partial charge in [0.15, 0.2) is 0 Å². The number of hydrogen-bond donors (Lipinski definition) is 1. The van der Waals surface area contributed by atoms with Crippen LogP contribution >= 0.6 is 0 Å². The summed E-state index contributed by atoms with van der Waals surface area (Å²) < 4.78 is 5.26. The van der Waals surface area contributed by atoms with Gasteiger partial charge in [0.1, 0.15) is 5.60 Å². The van der Waals surface area contributed by atoms with E-state index in [1.54, 1.807) is 4.90 Å². The van der Waals surface area contributed by atoms with Gasteiger partial charge in [-0.1, -0.05) is 6.92 Å². The van der Waals surface area contributed by atoms with Crippen LogP contribution in [0.5, 0.6) is 0 Å². The van der Waals surface area contributed by atoms with Gasteiger partial charge in [-0.15, -0.1) is 0 Å². The maximum Gasteiger partial charge on any atom is 0.410 e. The van der Waals surface area contributed by atoms with Gasteiger partial charge in [0.25, 0.3) is 0 Å². The minimum atomic E-state index is -0.812. The molecule has 1 saturated heterocycles. The molecule has 0 aromatic heterocycles. The highest BCUT2D eigenvalue weighted by molar-refractivity contribution is 5.70. The van der Waals surface area contributed by atoms with E-state index < -0.39 is 11.6 Å². The molecule has 0 radical (unpaired) electrons. The number of rotatable bonds is 2. The zero-order chi connectivity index (χ0) is 13.2. The van der Waals surface area contributed by atoms with Crippen LogP contribution in [0.15, 0.2) is 0 Å². The van der Waals surface area contributed by atoms with E-state index in [-0.39, 0.29) is 24.3 Å². The molecule has 2 atom stereocenters. The Morgan fingerprint density at radius 1 is 1.35 bits per heavy atom. The molecule has 1 aliphatic heterocycles. The summed E-state index contributed by atoms with van der Waals surface area (Å²) in [6, 6.07) is 0. The van der Waals surface area contributed by atoms with Crippen LogP contribution in [-0.2, 0) is 9.53 Å². The molecule has 1 N–H and O–H groups in total. The van der Waals surface area contributed by atoms with E-state index in [1.165, 1.54) is 0 Å². The molecule has 17 heavy (non-hydrogen) atoms. The summed E-state index contributed by atoms with van der Waals surface area (Å²) >= 11 is 0. The Morgan fingerprint density at radius 2 is 1.94 bits per heavy atom. The molecular weight excluding hydrogens is 222 g/mol. The second-order valence-electron chi connectivity index (χ2n) is 5.72. The highest BCUT2D eigenvalue weighted by atomic mass is 16.6. The van der Waals surface area contributed by atoms with E-state index in [0.717, 1.165) is 0 Å². The first-order valence-electron chi connectivity index (χ1n) is 5.89.